The van der Waals surface area contributed by atoms with Gasteiger partial charge in [0.2, 0.25) is 11.8 Å². The maximum Gasteiger partial charge on any atom is 0.234 e. The van der Waals surface area contributed by atoms with Gasteiger partial charge in [-0.2, -0.15) is 0 Å². The molecule has 0 saturated carbocycles. The number of rotatable bonds is 10. The molecular weight excluding hydrogens is 434 g/mol. The van der Waals surface area contributed by atoms with Gasteiger partial charge in [-0.15, -0.1) is 11.8 Å². The first-order chi connectivity index (χ1) is 16.0. The highest BCUT2D eigenvalue weighted by molar-refractivity contribution is 8.01. The fraction of sp³-hybridized carbons (Fsp3) is 0.462. The summed E-state index contributed by atoms with van der Waals surface area (Å²) in [6.45, 7) is 6.48. The van der Waals surface area contributed by atoms with Crippen molar-refractivity contribution < 1.29 is 14.3 Å². The van der Waals surface area contributed by atoms with Crippen LogP contribution in [0.15, 0.2) is 48.5 Å². The lowest BCUT2D eigenvalue weighted by molar-refractivity contribution is -0.120. The summed E-state index contributed by atoms with van der Waals surface area (Å²) in [5, 5.41) is 5.69. The second kappa shape index (κ2) is 12.7. The molecule has 0 aromatic heterocycles. The lowest BCUT2D eigenvalue weighted by Gasteiger charge is -2.35. The summed E-state index contributed by atoms with van der Waals surface area (Å²) < 4.78 is 5.29. The third-order valence-electron chi connectivity index (χ3n) is 5.97. The summed E-state index contributed by atoms with van der Waals surface area (Å²) in [6, 6.07) is 15.9. The highest BCUT2D eigenvalue weighted by Gasteiger charge is 2.24. The zero-order valence-corrected chi connectivity index (χ0v) is 20.6. The number of nitrogens with one attached hydrogen (secondary N) is 2. The number of amides is 2. The van der Waals surface area contributed by atoms with E-state index in [1.54, 1.807) is 7.11 Å². The molecule has 2 N–H and O–H groups in total. The number of piperidine rings is 1. The van der Waals surface area contributed by atoms with E-state index in [1.807, 2.05) is 50.2 Å². The molecule has 178 valence electrons. The lowest BCUT2D eigenvalue weighted by atomic mass is 10.0. The van der Waals surface area contributed by atoms with Crippen molar-refractivity contribution in [2.75, 3.05) is 37.8 Å². The van der Waals surface area contributed by atoms with Gasteiger partial charge < -0.3 is 15.4 Å². The second-order valence-electron chi connectivity index (χ2n) is 8.50. The third kappa shape index (κ3) is 7.79. The molecule has 2 aromatic carbocycles. The first-order valence-corrected chi connectivity index (χ1v) is 12.6. The van der Waals surface area contributed by atoms with E-state index in [9.17, 15) is 9.59 Å². The SMILES string of the molecule is COc1ccc(C(CNC(=O)C(C)SCC(=O)Nc2ccc(C)cc2)N2CCCCC2)cc1. The van der Waals surface area contributed by atoms with Crippen LogP contribution in [0.2, 0.25) is 0 Å². The van der Waals surface area contributed by atoms with Gasteiger partial charge in [0.25, 0.3) is 0 Å². The maximum absolute atomic E-state index is 12.8. The van der Waals surface area contributed by atoms with Crippen molar-refractivity contribution in [1.29, 1.82) is 0 Å². The van der Waals surface area contributed by atoms with E-state index in [2.05, 4.69) is 27.7 Å². The molecule has 0 bridgehead atoms. The van der Waals surface area contributed by atoms with Crippen LogP contribution in [0.3, 0.4) is 0 Å². The first kappa shape index (κ1) is 25.1. The molecule has 0 spiro atoms. The molecule has 2 amide bonds. The van der Waals surface area contributed by atoms with Crippen molar-refractivity contribution >= 4 is 29.3 Å². The zero-order valence-electron chi connectivity index (χ0n) is 19.8. The maximum atomic E-state index is 12.8. The molecule has 7 heteroatoms. The summed E-state index contributed by atoms with van der Waals surface area (Å²) >= 11 is 1.35. The number of thioether (sulfide) groups is 1. The fourth-order valence-corrected chi connectivity index (χ4v) is 4.67. The van der Waals surface area contributed by atoms with Gasteiger partial charge in [0.15, 0.2) is 0 Å². The quantitative estimate of drug-likeness (QED) is 0.539. The lowest BCUT2D eigenvalue weighted by Crippen LogP contribution is -2.42. The standard InChI is InChI=1S/C26H35N3O3S/c1-19-7-11-22(12-8-19)28-25(30)18-33-20(2)26(31)27-17-24(29-15-5-4-6-16-29)21-9-13-23(32-3)14-10-21/h7-14,20,24H,4-6,15-18H2,1-3H3,(H,27,31)(H,28,30). The van der Waals surface area contributed by atoms with Crippen molar-refractivity contribution in [3.63, 3.8) is 0 Å². The van der Waals surface area contributed by atoms with Gasteiger partial charge in [0.1, 0.15) is 5.75 Å². The number of hydrogen-bond donors (Lipinski definition) is 2. The molecule has 2 aromatic rings. The Morgan fingerprint density at radius 2 is 1.70 bits per heavy atom. The van der Waals surface area contributed by atoms with Gasteiger partial charge in [-0.25, -0.2) is 0 Å². The van der Waals surface area contributed by atoms with E-state index >= 15 is 0 Å². The number of anilines is 1. The van der Waals surface area contributed by atoms with Crippen LogP contribution in [0, 0.1) is 6.92 Å². The minimum absolute atomic E-state index is 0.0429. The van der Waals surface area contributed by atoms with E-state index in [0.717, 1.165) is 30.1 Å². The summed E-state index contributed by atoms with van der Waals surface area (Å²) in [7, 11) is 1.66. The molecule has 1 heterocycles. The highest BCUT2D eigenvalue weighted by atomic mass is 32.2. The molecule has 1 aliphatic heterocycles. The van der Waals surface area contributed by atoms with E-state index in [1.165, 1.54) is 36.6 Å². The number of benzene rings is 2. The molecule has 0 aliphatic carbocycles. The second-order valence-corrected chi connectivity index (χ2v) is 9.83. The summed E-state index contributed by atoms with van der Waals surface area (Å²) in [5.41, 5.74) is 3.09. The predicted octanol–water partition coefficient (Wildman–Crippen LogP) is 4.41. The van der Waals surface area contributed by atoms with E-state index in [4.69, 9.17) is 4.74 Å². The number of ether oxygens (including phenoxy) is 1. The van der Waals surface area contributed by atoms with Crippen LogP contribution < -0.4 is 15.4 Å². The monoisotopic (exact) mass is 469 g/mol. The fourth-order valence-electron chi connectivity index (χ4n) is 3.97. The Morgan fingerprint density at radius 1 is 1.03 bits per heavy atom. The Balaban J connectivity index is 1.51. The minimum Gasteiger partial charge on any atom is -0.497 e. The number of carbonyl (C=O) groups excluding carboxylic acids is 2. The van der Waals surface area contributed by atoms with Crippen LogP contribution in [0.5, 0.6) is 5.75 Å². The van der Waals surface area contributed by atoms with Crippen molar-refractivity contribution in [2.45, 2.75) is 44.4 Å². The Bertz CT molecular complexity index is 896. The van der Waals surface area contributed by atoms with Crippen LogP contribution in [0.4, 0.5) is 5.69 Å². The van der Waals surface area contributed by atoms with Gasteiger partial charge in [-0.3, -0.25) is 14.5 Å². The normalized spacial score (nSPS) is 16.0. The Hall–Kier alpha value is -2.51. The highest BCUT2D eigenvalue weighted by Crippen LogP contribution is 2.26. The van der Waals surface area contributed by atoms with Crippen LogP contribution in [0.1, 0.15) is 43.4 Å². The Labute approximate surface area is 201 Å². The zero-order chi connectivity index (χ0) is 23.6. The number of methoxy groups -OCH3 is 1. The molecule has 6 nitrogen and oxygen atoms in total. The smallest absolute Gasteiger partial charge is 0.234 e. The number of carbonyl (C=O) groups is 2. The predicted molar refractivity (Wildman–Crippen MR) is 136 cm³/mol. The van der Waals surface area contributed by atoms with E-state index in [-0.39, 0.29) is 28.9 Å². The molecule has 1 saturated heterocycles. The number of nitrogens with zero attached hydrogens (tertiary/aromatic N) is 1. The van der Waals surface area contributed by atoms with Crippen LogP contribution in [-0.2, 0) is 9.59 Å². The molecule has 3 rings (SSSR count). The summed E-state index contributed by atoms with van der Waals surface area (Å²) in [6.07, 6.45) is 3.63. The van der Waals surface area contributed by atoms with E-state index in [0.29, 0.717) is 6.54 Å². The number of hydrogen-bond acceptors (Lipinski definition) is 5. The molecule has 1 fully saturated rings. The summed E-state index contributed by atoms with van der Waals surface area (Å²) in [5.74, 6) is 0.914. The molecule has 2 atom stereocenters. The topological polar surface area (TPSA) is 70.7 Å². The third-order valence-corrected chi connectivity index (χ3v) is 7.11. The van der Waals surface area contributed by atoms with E-state index < -0.39 is 0 Å². The van der Waals surface area contributed by atoms with Gasteiger partial charge in [0, 0.05) is 12.2 Å². The van der Waals surface area contributed by atoms with Crippen LogP contribution >= 0.6 is 11.8 Å². The molecule has 33 heavy (non-hydrogen) atoms. The van der Waals surface area contributed by atoms with Crippen molar-refractivity contribution in [1.82, 2.24) is 10.2 Å². The Kier molecular flexibility index (Phi) is 9.63. The molecule has 0 radical (unpaired) electrons. The largest absolute Gasteiger partial charge is 0.497 e. The molecule has 1 aliphatic rings. The van der Waals surface area contributed by atoms with Gasteiger partial charge in [-0.1, -0.05) is 36.2 Å². The average Bonchev–Trinajstić information content (AvgIpc) is 2.85. The van der Waals surface area contributed by atoms with Crippen molar-refractivity contribution in [2.24, 2.45) is 0 Å². The van der Waals surface area contributed by atoms with Crippen LogP contribution in [-0.4, -0.2) is 54.5 Å². The number of aryl methyl sites for hydroxylation is 1. The average molecular weight is 470 g/mol. The summed E-state index contributed by atoms with van der Waals surface area (Å²) in [4.78, 5) is 27.5. The van der Waals surface area contributed by atoms with Gasteiger partial charge in [0.05, 0.1) is 24.2 Å². The first-order valence-electron chi connectivity index (χ1n) is 11.6. The van der Waals surface area contributed by atoms with Gasteiger partial charge in [-0.05, 0) is 69.6 Å². The van der Waals surface area contributed by atoms with Crippen molar-refractivity contribution in [3.8, 4) is 5.75 Å². The molecular formula is C26H35N3O3S. The van der Waals surface area contributed by atoms with Gasteiger partial charge >= 0.3 is 0 Å². The Morgan fingerprint density at radius 3 is 2.33 bits per heavy atom. The van der Waals surface area contributed by atoms with Crippen molar-refractivity contribution in [3.05, 3.63) is 59.7 Å². The minimum atomic E-state index is -0.313. The number of likely N-dealkylation sites (tertiary alicyclic amines) is 1. The molecule has 2 unspecified atom stereocenters. The van der Waals surface area contributed by atoms with Crippen LogP contribution in [0.25, 0.3) is 0 Å².